The summed E-state index contributed by atoms with van der Waals surface area (Å²) in [6.45, 7) is 3.00. The Morgan fingerprint density at radius 1 is 0.548 bits per heavy atom. The molecule has 0 heterocycles. The molecule has 0 amide bonds. The first kappa shape index (κ1) is 57.0. The van der Waals surface area contributed by atoms with E-state index in [4.69, 9.17) is 18.5 Å². The minimum Gasteiger partial charge on any atom is -0.462 e. The van der Waals surface area contributed by atoms with Gasteiger partial charge in [-0.3, -0.25) is 23.4 Å². The van der Waals surface area contributed by atoms with E-state index in [0.717, 1.165) is 64.2 Å². The van der Waals surface area contributed by atoms with Crippen LogP contribution < -0.4 is 0 Å². The van der Waals surface area contributed by atoms with Crippen molar-refractivity contribution in [2.24, 2.45) is 0 Å². The molecule has 1 aliphatic rings. The molecule has 0 bridgehead atoms. The number of phosphoric acid groups is 1. The molecule has 6 N–H and O–H groups in total. The Labute approximate surface area is 370 Å². The Kier molecular flexibility index (Phi) is 33.4. The summed E-state index contributed by atoms with van der Waals surface area (Å²) in [5.41, 5.74) is 0. The molecule has 0 radical (unpaired) electrons. The van der Waals surface area contributed by atoms with Gasteiger partial charge in [-0.05, 0) is 76.7 Å². The fraction of sp³-hybridized carbons (Fsp3) is 0.681. The lowest BCUT2D eigenvalue weighted by atomic mass is 9.85. The number of phosphoric ester groups is 1. The van der Waals surface area contributed by atoms with Gasteiger partial charge in [-0.15, -0.1) is 0 Å². The highest BCUT2D eigenvalue weighted by Crippen LogP contribution is 2.47. The number of rotatable bonds is 36. The predicted molar refractivity (Wildman–Crippen MR) is 240 cm³/mol. The van der Waals surface area contributed by atoms with E-state index in [2.05, 4.69) is 62.5 Å². The third-order valence-corrected chi connectivity index (χ3v) is 11.0. The van der Waals surface area contributed by atoms with Crippen LogP contribution in [0.3, 0.4) is 0 Å². The van der Waals surface area contributed by atoms with Crippen LogP contribution in [0.15, 0.2) is 72.9 Å². The second-order valence-electron chi connectivity index (χ2n) is 15.6. The molecular formula is C47H77O14P. The Morgan fingerprint density at radius 2 is 1.03 bits per heavy atom. The minimum absolute atomic E-state index is 0.0269. The fourth-order valence-electron chi connectivity index (χ4n) is 6.27. The molecule has 0 aliphatic heterocycles. The van der Waals surface area contributed by atoms with Gasteiger partial charge in [-0.1, -0.05) is 126 Å². The zero-order chi connectivity index (χ0) is 45.9. The molecule has 0 aromatic rings. The van der Waals surface area contributed by atoms with Gasteiger partial charge in [-0.25, -0.2) is 4.57 Å². The van der Waals surface area contributed by atoms with Crippen LogP contribution in [-0.2, 0) is 37.5 Å². The maximum Gasteiger partial charge on any atom is 0.472 e. The lowest BCUT2D eigenvalue weighted by Gasteiger charge is -2.41. The number of ketones is 1. The molecule has 0 saturated heterocycles. The maximum absolute atomic E-state index is 12.8. The quantitative estimate of drug-likeness (QED) is 0.00878. The first-order chi connectivity index (χ1) is 29.8. The fourth-order valence-corrected chi connectivity index (χ4v) is 7.24. The Balaban J connectivity index is 2.58. The number of allylic oxidation sites excluding steroid dienone is 12. The molecule has 3 unspecified atom stereocenters. The van der Waals surface area contributed by atoms with Crippen LogP contribution in [0.5, 0.6) is 0 Å². The SMILES string of the molecule is CCCCC/C=C\C/C=C\C/C=C\C=C\C(=O)CCCC(=O)OC[C@H](COP(=O)(O)OC1[C@H](O)[C@H](O)C(O)[C@H](O)[C@H]1O)OC(=O)CCCCCCC/C=C\C/C=C\CCCCC. The van der Waals surface area contributed by atoms with Crippen molar-refractivity contribution in [2.45, 2.75) is 191 Å². The van der Waals surface area contributed by atoms with Gasteiger partial charge in [0.2, 0.25) is 0 Å². The first-order valence-corrected chi connectivity index (χ1v) is 24.2. The summed E-state index contributed by atoms with van der Waals surface area (Å²) in [6.07, 6.45) is 28.1. The molecular weight excluding hydrogens is 819 g/mol. The standard InChI is InChI=1S/C47H77O14P/c1-3-5-7-9-11-13-15-17-18-20-22-24-26-28-30-34-41(50)60-39(37-59-62(56,57)61-47-45(54)43(52)42(51)44(53)46(47)55)36-58-40(49)35-31-33-38(48)32-29-27-25-23-21-19-16-14-12-10-8-6-4-2/h11-14,17-19,21,25,27,29,32,39,42-47,51-55H,3-10,15-16,20,22-24,26,28,30-31,33-37H2,1-2H3,(H,56,57)/b13-11-,14-12-,18-17-,21-19-,27-25-,32-29+/t39-,42?,43-,44+,45-,46-,47?/m1/s1. The van der Waals surface area contributed by atoms with Gasteiger partial charge in [0.25, 0.3) is 0 Å². The average molecular weight is 897 g/mol. The Hall–Kier alpha value is -3.04. The van der Waals surface area contributed by atoms with Gasteiger partial charge < -0.3 is 39.9 Å². The summed E-state index contributed by atoms with van der Waals surface area (Å²) in [6, 6.07) is 0. The number of aliphatic hydroxyl groups excluding tert-OH is 5. The molecule has 62 heavy (non-hydrogen) atoms. The van der Waals surface area contributed by atoms with Crippen LogP contribution in [0.2, 0.25) is 0 Å². The highest BCUT2D eigenvalue weighted by atomic mass is 31.2. The van der Waals surface area contributed by atoms with E-state index >= 15 is 0 Å². The summed E-state index contributed by atoms with van der Waals surface area (Å²) in [4.78, 5) is 47.9. The van der Waals surface area contributed by atoms with Gasteiger partial charge in [0.05, 0.1) is 6.61 Å². The summed E-state index contributed by atoms with van der Waals surface area (Å²) in [7, 11) is -5.18. The van der Waals surface area contributed by atoms with Gasteiger partial charge in [0.1, 0.15) is 43.2 Å². The van der Waals surface area contributed by atoms with Crippen LogP contribution in [0.1, 0.15) is 149 Å². The maximum atomic E-state index is 12.8. The molecule has 15 heteroatoms. The van der Waals surface area contributed by atoms with Crippen LogP contribution in [0, 0.1) is 0 Å². The Morgan fingerprint density at radius 3 is 1.61 bits per heavy atom. The van der Waals surface area contributed by atoms with E-state index in [1.54, 1.807) is 12.2 Å². The van der Waals surface area contributed by atoms with Crippen molar-refractivity contribution in [2.75, 3.05) is 13.2 Å². The largest absolute Gasteiger partial charge is 0.472 e. The molecule has 1 saturated carbocycles. The number of esters is 2. The zero-order valence-corrected chi connectivity index (χ0v) is 38.0. The molecule has 1 rings (SSSR count). The molecule has 14 nitrogen and oxygen atoms in total. The number of hydrogen-bond donors (Lipinski definition) is 6. The smallest absolute Gasteiger partial charge is 0.462 e. The second-order valence-corrected chi connectivity index (χ2v) is 17.0. The van der Waals surface area contributed by atoms with Crippen molar-refractivity contribution in [3.63, 3.8) is 0 Å². The molecule has 1 aliphatic carbocycles. The number of hydrogen-bond acceptors (Lipinski definition) is 13. The van der Waals surface area contributed by atoms with Crippen molar-refractivity contribution in [1.29, 1.82) is 0 Å². The van der Waals surface area contributed by atoms with Crippen LogP contribution >= 0.6 is 7.82 Å². The lowest BCUT2D eigenvalue weighted by Crippen LogP contribution is -2.64. The van der Waals surface area contributed by atoms with Crippen LogP contribution in [-0.4, -0.2) is 104 Å². The third kappa shape index (κ3) is 28.6. The topological polar surface area (TPSA) is 227 Å². The normalized spacial score (nSPS) is 22.5. The Bertz CT molecular complexity index is 1420. The summed E-state index contributed by atoms with van der Waals surface area (Å²) >= 11 is 0. The number of carbonyl (C=O) groups is 3. The second kappa shape index (κ2) is 36.3. The van der Waals surface area contributed by atoms with E-state index in [1.807, 2.05) is 6.08 Å². The van der Waals surface area contributed by atoms with E-state index in [1.165, 1.54) is 44.6 Å². The molecule has 0 spiro atoms. The zero-order valence-electron chi connectivity index (χ0n) is 37.1. The number of ether oxygens (including phenoxy) is 2. The number of carbonyl (C=O) groups excluding carboxylic acids is 3. The van der Waals surface area contributed by atoms with Crippen molar-refractivity contribution < 1.29 is 67.9 Å². The van der Waals surface area contributed by atoms with Crippen molar-refractivity contribution in [3.8, 4) is 0 Å². The molecule has 8 atom stereocenters. The third-order valence-electron chi connectivity index (χ3n) is 10.00. The van der Waals surface area contributed by atoms with Crippen LogP contribution in [0.25, 0.3) is 0 Å². The van der Waals surface area contributed by atoms with Crippen molar-refractivity contribution in [3.05, 3.63) is 72.9 Å². The predicted octanol–water partition coefficient (Wildman–Crippen LogP) is 7.90. The van der Waals surface area contributed by atoms with Gasteiger partial charge in [0, 0.05) is 19.3 Å². The summed E-state index contributed by atoms with van der Waals surface area (Å²) in [5.74, 6) is -1.56. The van der Waals surface area contributed by atoms with Gasteiger partial charge in [-0.2, -0.15) is 0 Å². The lowest BCUT2D eigenvalue weighted by molar-refractivity contribution is -0.220. The minimum atomic E-state index is -5.18. The monoisotopic (exact) mass is 897 g/mol. The summed E-state index contributed by atoms with van der Waals surface area (Å²) in [5, 5.41) is 50.1. The van der Waals surface area contributed by atoms with Gasteiger partial charge >= 0.3 is 19.8 Å². The van der Waals surface area contributed by atoms with E-state index < -0.39 is 75.7 Å². The molecule has 354 valence electrons. The summed E-state index contributed by atoms with van der Waals surface area (Å²) < 4.78 is 33.3. The van der Waals surface area contributed by atoms with Gasteiger partial charge in [0.15, 0.2) is 11.9 Å². The van der Waals surface area contributed by atoms with E-state index in [9.17, 15) is 49.4 Å². The highest BCUT2D eigenvalue weighted by molar-refractivity contribution is 7.47. The number of aliphatic hydroxyl groups is 5. The first-order valence-electron chi connectivity index (χ1n) is 22.7. The number of unbranched alkanes of at least 4 members (excludes halogenated alkanes) is 11. The average Bonchev–Trinajstić information content (AvgIpc) is 3.25. The van der Waals surface area contributed by atoms with E-state index in [0.29, 0.717) is 6.42 Å². The van der Waals surface area contributed by atoms with Crippen molar-refractivity contribution >= 4 is 25.5 Å². The van der Waals surface area contributed by atoms with Crippen molar-refractivity contribution in [1.82, 2.24) is 0 Å². The van der Waals surface area contributed by atoms with Crippen LogP contribution in [0.4, 0.5) is 0 Å². The highest BCUT2D eigenvalue weighted by Gasteiger charge is 2.51. The molecule has 1 fully saturated rings. The molecule has 0 aromatic carbocycles. The van der Waals surface area contributed by atoms with E-state index in [-0.39, 0.29) is 31.5 Å². The molecule has 0 aromatic heterocycles.